The summed E-state index contributed by atoms with van der Waals surface area (Å²) in [6, 6.07) is 15.1. The Morgan fingerprint density at radius 1 is 1.00 bits per heavy atom. The van der Waals surface area contributed by atoms with Crippen LogP contribution >= 0.6 is 11.8 Å². The lowest BCUT2D eigenvalue weighted by Crippen LogP contribution is -2.53. The molecule has 1 aliphatic heterocycles. The number of benzene rings is 2. The van der Waals surface area contributed by atoms with Gasteiger partial charge in [-0.2, -0.15) is 0 Å². The van der Waals surface area contributed by atoms with Crippen LogP contribution in [0.5, 0.6) is 0 Å². The van der Waals surface area contributed by atoms with Crippen LogP contribution < -0.4 is 10.9 Å². The Kier molecular flexibility index (Phi) is 5.94. The third-order valence-electron chi connectivity index (χ3n) is 5.38. The lowest BCUT2D eigenvalue weighted by molar-refractivity contribution is -0.146. The van der Waals surface area contributed by atoms with Crippen molar-refractivity contribution in [3.05, 3.63) is 59.7 Å². The highest BCUT2D eigenvalue weighted by Crippen LogP contribution is 2.44. The van der Waals surface area contributed by atoms with Crippen molar-refractivity contribution in [2.24, 2.45) is 0 Å². The molecule has 1 heterocycles. The Morgan fingerprint density at radius 2 is 1.61 bits per heavy atom. The molecule has 9 heteroatoms. The number of ether oxygens (including phenoxy) is 1. The Bertz CT molecular complexity index is 1010. The number of carbonyl (C=O) groups excluding carboxylic acids is 4. The Balaban J connectivity index is 1.34. The number of carbonyl (C=O) groups is 4. The van der Waals surface area contributed by atoms with Gasteiger partial charge >= 0.3 is 6.09 Å². The van der Waals surface area contributed by atoms with Crippen LogP contribution in [-0.4, -0.2) is 52.9 Å². The van der Waals surface area contributed by atoms with Crippen molar-refractivity contribution in [1.29, 1.82) is 0 Å². The number of Topliss-reactive ketones (excluding diaryl/α,β-unsaturated/α-hetero) is 1. The molecule has 8 nitrogen and oxygen atoms in total. The molecule has 2 aromatic carbocycles. The first-order chi connectivity index (χ1) is 15.0. The normalized spacial score (nSPS) is 16.9. The molecule has 1 aliphatic carbocycles. The van der Waals surface area contributed by atoms with E-state index in [-0.39, 0.29) is 18.4 Å². The van der Waals surface area contributed by atoms with Crippen LogP contribution in [0, 0.1) is 0 Å². The maximum atomic E-state index is 12.4. The summed E-state index contributed by atoms with van der Waals surface area (Å²) in [5, 5.41) is 0. The molecule has 2 aliphatic rings. The van der Waals surface area contributed by atoms with Crippen molar-refractivity contribution in [2.75, 3.05) is 18.2 Å². The summed E-state index contributed by atoms with van der Waals surface area (Å²) >= 11 is 1.36. The molecule has 0 aromatic heterocycles. The van der Waals surface area contributed by atoms with Crippen LogP contribution in [-0.2, 0) is 19.1 Å². The number of ketones is 1. The molecule has 1 atom stereocenters. The minimum atomic E-state index is -0.824. The van der Waals surface area contributed by atoms with E-state index < -0.39 is 29.7 Å². The zero-order valence-corrected chi connectivity index (χ0v) is 17.6. The fourth-order valence-corrected chi connectivity index (χ4v) is 5.05. The van der Waals surface area contributed by atoms with E-state index in [0.29, 0.717) is 5.75 Å². The standard InChI is InChI=1S/C22H21N3O5S/c1-13(26)21(28)25-12-31-11-19(25)20(27)23-24-22(29)30-10-18-16-8-4-2-6-14(16)15-7-3-5-9-17(15)18/h2-9,18-19H,10-12H2,1H3,(H,23,27)(H,24,29). The van der Waals surface area contributed by atoms with E-state index in [4.69, 9.17) is 4.74 Å². The zero-order chi connectivity index (χ0) is 22.0. The largest absolute Gasteiger partial charge is 0.447 e. The first-order valence-electron chi connectivity index (χ1n) is 9.77. The van der Waals surface area contributed by atoms with E-state index in [1.807, 2.05) is 48.5 Å². The lowest BCUT2D eigenvalue weighted by atomic mass is 9.98. The number of rotatable bonds is 4. The summed E-state index contributed by atoms with van der Waals surface area (Å²) in [7, 11) is 0. The number of fused-ring (bicyclic) bond motifs is 3. The molecule has 0 saturated carbocycles. The first-order valence-corrected chi connectivity index (χ1v) is 10.9. The van der Waals surface area contributed by atoms with E-state index in [1.165, 1.54) is 16.7 Å². The van der Waals surface area contributed by atoms with Gasteiger partial charge < -0.3 is 9.64 Å². The van der Waals surface area contributed by atoms with Crippen LogP contribution in [0.15, 0.2) is 48.5 Å². The van der Waals surface area contributed by atoms with Gasteiger partial charge in [0.2, 0.25) is 5.78 Å². The molecule has 1 unspecified atom stereocenters. The number of hydrazine groups is 1. The van der Waals surface area contributed by atoms with E-state index >= 15 is 0 Å². The Morgan fingerprint density at radius 3 is 2.23 bits per heavy atom. The van der Waals surface area contributed by atoms with E-state index in [1.54, 1.807) is 0 Å². The average Bonchev–Trinajstić information content (AvgIpc) is 3.39. The van der Waals surface area contributed by atoms with Crippen molar-refractivity contribution in [3.63, 3.8) is 0 Å². The van der Waals surface area contributed by atoms with Crippen molar-refractivity contribution in [1.82, 2.24) is 15.8 Å². The van der Waals surface area contributed by atoms with E-state index in [2.05, 4.69) is 10.9 Å². The molecule has 0 spiro atoms. The third-order valence-corrected chi connectivity index (χ3v) is 6.39. The molecule has 0 bridgehead atoms. The average molecular weight is 439 g/mol. The maximum Gasteiger partial charge on any atom is 0.426 e. The van der Waals surface area contributed by atoms with Gasteiger partial charge in [0.05, 0.1) is 5.88 Å². The molecule has 1 fully saturated rings. The molecule has 4 rings (SSSR count). The molecule has 0 radical (unpaired) electrons. The fourth-order valence-electron chi connectivity index (χ4n) is 3.89. The topological polar surface area (TPSA) is 105 Å². The van der Waals surface area contributed by atoms with Gasteiger partial charge in [-0.25, -0.2) is 10.2 Å². The number of thioether (sulfide) groups is 1. The van der Waals surface area contributed by atoms with Gasteiger partial charge in [0, 0.05) is 18.6 Å². The highest BCUT2D eigenvalue weighted by atomic mass is 32.2. The summed E-state index contributed by atoms with van der Waals surface area (Å²) in [5.41, 5.74) is 8.92. The summed E-state index contributed by atoms with van der Waals surface area (Å²) < 4.78 is 5.36. The molecule has 160 valence electrons. The minimum absolute atomic E-state index is 0.0937. The summed E-state index contributed by atoms with van der Waals surface area (Å²) in [6.45, 7) is 1.28. The van der Waals surface area contributed by atoms with Gasteiger partial charge in [0.15, 0.2) is 0 Å². The fraction of sp³-hybridized carbons (Fsp3) is 0.273. The van der Waals surface area contributed by atoms with Crippen molar-refractivity contribution in [3.8, 4) is 11.1 Å². The maximum absolute atomic E-state index is 12.4. The second-order valence-electron chi connectivity index (χ2n) is 7.29. The van der Waals surface area contributed by atoms with Crippen LogP contribution in [0.3, 0.4) is 0 Å². The van der Waals surface area contributed by atoms with Gasteiger partial charge in [-0.3, -0.25) is 19.8 Å². The summed E-state index contributed by atoms with van der Waals surface area (Å²) in [6.07, 6.45) is -0.801. The van der Waals surface area contributed by atoms with Crippen LogP contribution in [0.1, 0.15) is 24.0 Å². The molecule has 2 aromatic rings. The molecule has 31 heavy (non-hydrogen) atoms. The van der Waals surface area contributed by atoms with Crippen LogP contribution in [0.25, 0.3) is 11.1 Å². The molecular formula is C22H21N3O5S. The van der Waals surface area contributed by atoms with Gasteiger partial charge in [-0.1, -0.05) is 48.5 Å². The number of nitrogens with zero attached hydrogens (tertiary/aromatic N) is 1. The SMILES string of the molecule is CC(=O)C(=O)N1CSCC1C(=O)NNC(=O)OCC1c2ccccc2-c2ccccc21. The van der Waals surface area contributed by atoms with Gasteiger partial charge in [0.1, 0.15) is 12.6 Å². The quantitative estimate of drug-likeness (QED) is 0.558. The van der Waals surface area contributed by atoms with Gasteiger partial charge in [-0.15, -0.1) is 11.8 Å². The summed E-state index contributed by atoms with van der Waals surface area (Å²) in [4.78, 5) is 49.0. The van der Waals surface area contributed by atoms with Crippen LogP contribution in [0.4, 0.5) is 4.79 Å². The third kappa shape index (κ3) is 4.13. The monoisotopic (exact) mass is 439 g/mol. The highest BCUT2D eigenvalue weighted by Gasteiger charge is 2.36. The Labute approximate surface area is 183 Å². The van der Waals surface area contributed by atoms with Crippen LogP contribution in [0.2, 0.25) is 0 Å². The smallest absolute Gasteiger partial charge is 0.426 e. The van der Waals surface area contributed by atoms with Crippen molar-refractivity contribution < 1.29 is 23.9 Å². The predicted molar refractivity (Wildman–Crippen MR) is 115 cm³/mol. The molecular weight excluding hydrogens is 418 g/mol. The first kappa shape index (κ1) is 20.9. The number of hydrogen-bond acceptors (Lipinski definition) is 6. The minimum Gasteiger partial charge on any atom is -0.447 e. The molecule has 1 saturated heterocycles. The highest BCUT2D eigenvalue weighted by molar-refractivity contribution is 7.99. The second kappa shape index (κ2) is 8.81. The number of hydrogen-bond donors (Lipinski definition) is 2. The van der Waals surface area contributed by atoms with Crippen molar-refractivity contribution in [2.45, 2.75) is 18.9 Å². The number of nitrogens with one attached hydrogen (secondary N) is 2. The predicted octanol–water partition coefficient (Wildman–Crippen LogP) is 2.05. The van der Waals surface area contributed by atoms with E-state index in [0.717, 1.165) is 29.2 Å². The lowest BCUT2D eigenvalue weighted by Gasteiger charge is -2.22. The summed E-state index contributed by atoms with van der Waals surface area (Å²) in [5.74, 6) is -1.42. The van der Waals surface area contributed by atoms with Gasteiger partial charge in [0.25, 0.3) is 11.8 Å². The Hall–Kier alpha value is -3.33. The van der Waals surface area contributed by atoms with Gasteiger partial charge in [-0.05, 0) is 22.3 Å². The zero-order valence-electron chi connectivity index (χ0n) is 16.8. The second-order valence-corrected chi connectivity index (χ2v) is 8.29. The molecule has 3 amide bonds. The van der Waals surface area contributed by atoms with E-state index in [9.17, 15) is 19.2 Å². The molecule has 2 N–H and O–H groups in total. The van der Waals surface area contributed by atoms with Crippen molar-refractivity contribution >= 4 is 35.5 Å². The number of amides is 3.